The Kier molecular flexibility index (Phi) is 4.32. The van der Waals surface area contributed by atoms with Crippen LogP contribution in [-0.4, -0.2) is 29.4 Å². The van der Waals surface area contributed by atoms with E-state index in [9.17, 15) is 14.4 Å². The van der Waals surface area contributed by atoms with Gasteiger partial charge in [-0.3, -0.25) is 19.7 Å². The first-order chi connectivity index (χ1) is 5.56. The molecule has 1 aliphatic heterocycles. The lowest BCUT2D eigenvalue weighted by molar-refractivity contribution is -0.135. The molecule has 4 N–H and O–H groups in total. The maximum Gasteiger partial charge on any atom is 0.317 e. The second kappa shape index (κ2) is 5.03. The summed E-state index contributed by atoms with van der Waals surface area (Å²) in [6, 6.07) is 0. The van der Waals surface area contributed by atoms with Gasteiger partial charge in [-0.2, -0.15) is 0 Å². The van der Waals surface area contributed by atoms with Crippen LogP contribution in [0.4, 0.5) is 0 Å². The Morgan fingerprint density at radius 3 is 1.83 bits per heavy atom. The molecular formula is C6H8N2O4. The molecule has 66 valence electrons. The lowest BCUT2D eigenvalue weighted by Crippen LogP contribution is -2.19. The van der Waals surface area contributed by atoms with Crippen molar-refractivity contribution >= 4 is 17.8 Å². The maximum atomic E-state index is 10.0. The molecule has 0 aromatic carbocycles. The van der Waals surface area contributed by atoms with Crippen LogP contribution in [0.15, 0.2) is 12.2 Å². The van der Waals surface area contributed by atoms with Crippen LogP contribution in [0.25, 0.3) is 0 Å². The van der Waals surface area contributed by atoms with Gasteiger partial charge in [0, 0.05) is 12.2 Å². The van der Waals surface area contributed by atoms with Crippen LogP contribution in [0.2, 0.25) is 0 Å². The third-order valence-corrected chi connectivity index (χ3v) is 0.807. The van der Waals surface area contributed by atoms with Gasteiger partial charge < -0.3 is 10.8 Å². The lowest BCUT2D eigenvalue weighted by atomic mass is 10.6. The molecule has 12 heavy (non-hydrogen) atoms. The molecule has 0 aromatic heterocycles. The van der Waals surface area contributed by atoms with E-state index >= 15 is 0 Å². The van der Waals surface area contributed by atoms with Gasteiger partial charge >= 0.3 is 5.97 Å². The van der Waals surface area contributed by atoms with Gasteiger partial charge in [0.2, 0.25) is 0 Å². The number of amides is 2. The van der Waals surface area contributed by atoms with Gasteiger partial charge in [-0.25, -0.2) is 0 Å². The monoisotopic (exact) mass is 172 g/mol. The van der Waals surface area contributed by atoms with E-state index in [1.807, 2.05) is 5.32 Å². The lowest BCUT2D eigenvalue weighted by Gasteiger charge is -1.80. The van der Waals surface area contributed by atoms with E-state index in [-0.39, 0.29) is 18.4 Å². The van der Waals surface area contributed by atoms with Gasteiger partial charge in [0.25, 0.3) is 11.8 Å². The molecule has 0 unspecified atom stereocenters. The molecule has 0 saturated carbocycles. The highest BCUT2D eigenvalue weighted by Gasteiger charge is 2.06. The van der Waals surface area contributed by atoms with Gasteiger partial charge in [0.05, 0.1) is 6.54 Å². The van der Waals surface area contributed by atoms with Crippen molar-refractivity contribution in [3.63, 3.8) is 0 Å². The molecule has 2 amide bonds. The van der Waals surface area contributed by atoms with Crippen LogP contribution in [-0.2, 0) is 14.4 Å². The minimum Gasteiger partial charge on any atom is -0.480 e. The first-order valence-corrected chi connectivity index (χ1v) is 3.01. The summed E-state index contributed by atoms with van der Waals surface area (Å²) in [4.78, 5) is 29.3. The minimum atomic E-state index is -0.968. The topological polar surface area (TPSA) is 109 Å². The first-order valence-electron chi connectivity index (χ1n) is 3.01. The fraction of sp³-hybridized carbons (Fsp3) is 0.167. The van der Waals surface area contributed by atoms with Crippen LogP contribution in [0.1, 0.15) is 0 Å². The Morgan fingerprint density at radius 1 is 1.42 bits per heavy atom. The molecule has 0 radical (unpaired) electrons. The highest BCUT2D eigenvalue weighted by molar-refractivity contribution is 6.12. The quantitative estimate of drug-likeness (QED) is 0.405. The Morgan fingerprint density at radius 2 is 1.75 bits per heavy atom. The Bertz CT molecular complexity index is 218. The molecule has 6 nitrogen and oxygen atoms in total. The van der Waals surface area contributed by atoms with Gasteiger partial charge in [-0.15, -0.1) is 0 Å². The van der Waals surface area contributed by atoms with E-state index in [2.05, 4.69) is 5.73 Å². The van der Waals surface area contributed by atoms with Crippen LogP contribution in [0, 0.1) is 0 Å². The van der Waals surface area contributed by atoms with E-state index < -0.39 is 5.97 Å². The second-order valence-corrected chi connectivity index (χ2v) is 1.78. The number of rotatable bonds is 1. The van der Waals surface area contributed by atoms with E-state index in [1.54, 1.807) is 0 Å². The third kappa shape index (κ3) is 5.12. The summed E-state index contributed by atoms with van der Waals surface area (Å²) in [5.41, 5.74) is 4.57. The van der Waals surface area contributed by atoms with E-state index in [1.165, 1.54) is 12.2 Å². The molecule has 0 spiro atoms. The summed E-state index contributed by atoms with van der Waals surface area (Å²) in [6.07, 6.45) is 2.39. The SMILES string of the molecule is NCC(=O)O.O=C1C=CC(=O)N1. The molecule has 1 heterocycles. The average Bonchev–Trinajstić information content (AvgIpc) is 2.36. The predicted octanol–water partition coefficient (Wildman–Crippen LogP) is -1.77. The molecule has 0 aliphatic carbocycles. The number of carboxylic acids is 1. The van der Waals surface area contributed by atoms with Crippen molar-refractivity contribution in [2.45, 2.75) is 0 Å². The molecule has 1 rings (SSSR count). The molecule has 1 aliphatic rings. The molecule has 6 heteroatoms. The highest BCUT2D eigenvalue weighted by Crippen LogP contribution is 1.82. The summed E-state index contributed by atoms with van der Waals surface area (Å²) in [5.74, 6) is -1.62. The first kappa shape index (κ1) is 10.3. The summed E-state index contributed by atoms with van der Waals surface area (Å²) >= 11 is 0. The van der Waals surface area contributed by atoms with Crippen molar-refractivity contribution < 1.29 is 19.5 Å². The van der Waals surface area contributed by atoms with Crippen LogP contribution >= 0.6 is 0 Å². The van der Waals surface area contributed by atoms with Crippen molar-refractivity contribution in [3.05, 3.63) is 12.2 Å². The molecule has 0 bridgehead atoms. The van der Waals surface area contributed by atoms with Crippen molar-refractivity contribution in [2.75, 3.05) is 6.54 Å². The Balaban J connectivity index is 0.000000217. The third-order valence-electron chi connectivity index (χ3n) is 0.807. The maximum absolute atomic E-state index is 10.0. The van der Waals surface area contributed by atoms with Crippen molar-refractivity contribution in [2.24, 2.45) is 5.73 Å². The predicted molar refractivity (Wildman–Crippen MR) is 39.0 cm³/mol. The molecular weight excluding hydrogens is 164 g/mol. The zero-order chi connectivity index (χ0) is 9.56. The van der Waals surface area contributed by atoms with Crippen molar-refractivity contribution in [3.8, 4) is 0 Å². The average molecular weight is 172 g/mol. The van der Waals surface area contributed by atoms with E-state index in [0.29, 0.717) is 0 Å². The van der Waals surface area contributed by atoms with E-state index in [4.69, 9.17) is 5.11 Å². The number of aliphatic carboxylic acids is 1. The van der Waals surface area contributed by atoms with Crippen LogP contribution < -0.4 is 11.1 Å². The number of nitrogens with one attached hydrogen (secondary N) is 1. The summed E-state index contributed by atoms with van der Waals surface area (Å²) in [6.45, 7) is -0.278. The standard InChI is InChI=1S/C4H3NO2.C2H5NO2/c6-3-1-2-4(7)5-3;3-1-2(4)5/h1-2H,(H,5,6,7);1,3H2,(H,4,5). The molecule has 0 atom stereocenters. The fourth-order valence-electron chi connectivity index (χ4n) is 0.356. The largest absolute Gasteiger partial charge is 0.480 e. The Hall–Kier alpha value is -1.69. The highest BCUT2D eigenvalue weighted by atomic mass is 16.4. The molecule has 0 saturated heterocycles. The van der Waals surface area contributed by atoms with Crippen molar-refractivity contribution in [1.29, 1.82) is 0 Å². The van der Waals surface area contributed by atoms with Crippen molar-refractivity contribution in [1.82, 2.24) is 5.32 Å². The zero-order valence-electron chi connectivity index (χ0n) is 6.11. The molecule has 0 fully saturated rings. The van der Waals surface area contributed by atoms with Gasteiger partial charge in [0.1, 0.15) is 0 Å². The zero-order valence-corrected chi connectivity index (χ0v) is 6.11. The van der Waals surface area contributed by atoms with Gasteiger partial charge in [-0.1, -0.05) is 0 Å². The van der Waals surface area contributed by atoms with Gasteiger partial charge in [-0.05, 0) is 0 Å². The number of carboxylic acid groups (broad SMARTS) is 1. The number of carbonyl (C=O) groups excluding carboxylic acids is 2. The Labute approximate surface area is 68.0 Å². The normalized spacial score (nSPS) is 13.4. The van der Waals surface area contributed by atoms with E-state index in [0.717, 1.165) is 0 Å². The number of hydrogen-bond acceptors (Lipinski definition) is 4. The summed E-state index contributed by atoms with van der Waals surface area (Å²) in [7, 11) is 0. The number of hydrogen-bond donors (Lipinski definition) is 3. The molecule has 0 aromatic rings. The van der Waals surface area contributed by atoms with Crippen LogP contribution in [0.3, 0.4) is 0 Å². The smallest absolute Gasteiger partial charge is 0.317 e. The van der Waals surface area contributed by atoms with Crippen LogP contribution in [0.5, 0.6) is 0 Å². The minimum absolute atomic E-state index is 0.278. The van der Waals surface area contributed by atoms with Gasteiger partial charge in [0.15, 0.2) is 0 Å². The number of imide groups is 1. The summed E-state index contributed by atoms with van der Waals surface area (Å²) < 4.78 is 0. The second-order valence-electron chi connectivity index (χ2n) is 1.78. The number of nitrogens with two attached hydrogens (primary N) is 1. The summed E-state index contributed by atoms with van der Waals surface area (Å²) in [5, 5.41) is 9.62. The number of carbonyl (C=O) groups is 3. The fourth-order valence-corrected chi connectivity index (χ4v) is 0.356.